The highest BCUT2D eigenvalue weighted by Gasteiger charge is 2.35. The second-order valence-corrected chi connectivity index (χ2v) is 6.62. The van der Waals surface area contributed by atoms with E-state index in [-0.39, 0.29) is 37.0 Å². The number of nitrogens with one attached hydrogen (secondary N) is 2. The van der Waals surface area contributed by atoms with E-state index in [2.05, 4.69) is 10.6 Å². The lowest BCUT2D eigenvalue weighted by Gasteiger charge is -2.23. The molecule has 2 aliphatic rings. The average Bonchev–Trinajstić information content (AvgIpc) is 2.80. The first-order chi connectivity index (χ1) is 11.6. The summed E-state index contributed by atoms with van der Waals surface area (Å²) >= 11 is 5.88. The van der Waals surface area contributed by atoms with Crippen molar-refractivity contribution in [1.82, 2.24) is 15.5 Å². The molecule has 1 fully saturated rings. The summed E-state index contributed by atoms with van der Waals surface area (Å²) in [6.07, 6.45) is 5.52. The molecule has 7 heteroatoms. The molecule has 1 aromatic carbocycles. The molecule has 1 aliphatic heterocycles. The molecule has 6 nitrogen and oxygen atoms in total. The van der Waals surface area contributed by atoms with Crippen molar-refractivity contribution in [3.63, 3.8) is 0 Å². The SMILES string of the molecule is O=C(NCCN1C(=O)c2ccc(Cl)cc2C1=O)NC1CCCCC1. The van der Waals surface area contributed by atoms with Crippen molar-refractivity contribution in [2.45, 2.75) is 38.1 Å². The number of urea groups is 1. The number of fused-ring (bicyclic) bond motifs is 1. The van der Waals surface area contributed by atoms with Crippen LogP contribution in [-0.4, -0.2) is 41.9 Å². The molecule has 1 heterocycles. The molecular formula is C17H20ClN3O3. The Hall–Kier alpha value is -2.08. The van der Waals surface area contributed by atoms with Crippen LogP contribution in [-0.2, 0) is 0 Å². The second-order valence-electron chi connectivity index (χ2n) is 6.19. The van der Waals surface area contributed by atoms with Gasteiger partial charge in [-0.15, -0.1) is 0 Å². The molecule has 1 aliphatic carbocycles. The van der Waals surface area contributed by atoms with Gasteiger partial charge in [-0.05, 0) is 31.0 Å². The third-order valence-electron chi connectivity index (χ3n) is 4.49. The first-order valence-electron chi connectivity index (χ1n) is 8.26. The number of benzene rings is 1. The molecule has 3 rings (SSSR count). The van der Waals surface area contributed by atoms with E-state index in [4.69, 9.17) is 11.6 Å². The topological polar surface area (TPSA) is 78.5 Å². The fraction of sp³-hybridized carbons (Fsp3) is 0.471. The third kappa shape index (κ3) is 3.53. The minimum atomic E-state index is -0.369. The summed E-state index contributed by atoms with van der Waals surface area (Å²) in [5.74, 6) is -0.715. The quantitative estimate of drug-likeness (QED) is 0.820. The minimum Gasteiger partial charge on any atom is -0.336 e. The first kappa shape index (κ1) is 16.8. The Kier molecular flexibility index (Phi) is 5.04. The van der Waals surface area contributed by atoms with E-state index in [1.54, 1.807) is 12.1 Å². The average molecular weight is 350 g/mol. The molecule has 128 valence electrons. The number of hydrogen-bond acceptors (Lipinski definition) is 3. The van der Waals surface area contributed by atoms with Gasteiger partial charge in [0.1, 0.15) is 0 Å². The van der Waals surface area contributed by atoms with E-state index in [9.17, 15) is 14.4 Å². The molecule has 2 N–H and O–H groups in total. The maximum Gasteiger partial charge on any atom is 0.315 e. The molecule has 24 heavy (non-hydrogen) atoms. The number of amides is 4. The van der Waals surface area contributed by atoms with Crippen molar-refractivity contribution < 1.29 is 14.4 Å². The fourth-order valence-electron chi connectivity index (χ4n) is 3.23. The second kappa shape index (κ2) is 7.21. The van der Waals surface area contributed by atoms with Gasteiger partial charge in [-0.25, -0.2) is 4.79 Å². The molecule has 0 bridgehead atoms. The van der Waals surface area contributed by atoms with Gasteiger partial charge in [-0.2, -0.15) is 0 Å². The maximum absolute atomic E-state index is 12.3. The van der Waals surface area contributed by atoms with Gasteiger partial charge in [0.05, 0.1) is 11.1 Å². The third-order valence-corrected chi connectivity index (χ3v) is 4.73. The van der Waals surface area contributed by atoms with Crippen LogP contribution >= 0.6 is 11.6 Å². The predicted octanol–water partition coefficient (Wildman–Crippen LogP) is 2.57. The van der Waals surface area contributed by atoms with Crippen molar-refractivity contribution in [2.24, 2.45) is 0 Å². The van der Waals surface area contributed by atoms with Crippen molar-refractivity contribution in [3.05, 3.63) is 34.3 Å². The molecular weight excluding hydrogens is 330 g/mol. The lowest BCUT2D eigenvalue weighted by molar-refractivity contribution is 0.0655. The highest BCUT2D eigenvalue weighted by molar-refractivity contribution is 6.32. The molecule has 0 atom stereocenters. The standard InChI is InChI=1S/C17H20ClN3O3/c18-11-6-7-13-14(10-11)16(23)21(15(13)22)9-8-19-17(24)20-12-4-2-1-3-5-12/h6-7,10,12H,1-5,8-9H2,(H2,19,20,24). The number of carbonyl (C=O) groups is 3. The Balaban J connectivity index is 1.49. The Bertz CT molecular complexity index is 671. The zero-order valence-corrected chi connectivity index (χ0v) is 14.1. The van der Waals surface area contributed by atoms with E-state index >= 15 is 0 Å². The summed E-state index contributed by atoms with van der Waals surface area (Å²) < 4.78 is 0. The van der Waals surface area contributed by atoms with Crippen LogP contribution in [0.5, 0.6) is 0 Å². The molecule has 0 saturated heterocycles. The first-order valence-corrected chi connectivity index (χ1v) is 8.64. The van der Waals surface area contributed by atoms with Crippen LogP contribution in [0.25, 0.3) is 0 Å². The van der Waals surface area contributed by atoms with Crippen molar-refractivity contribution in [1.29, 1.82) is 0 Å². The summed E-state index contributed by atoms with van der Waals surface area (Å²) in [5.41, 5.74) is 0.676. The van der Waals surface area contributed by atoms with Crippen LogP contribution < -0.4 is 10.6 Å². The maximum atomic E-state index is 12.3. The number of imide groups is 1. The van der Waals surface area contributed by atoms with E-state index < -0.39 is 0 Å². The molecule has 0 aromatic heterocycles. The van der Waals surface area contributed by atoms with Crippen LogP contribution in [0.1, 0.15) is 52.8 Å². The van der Waals surface area contributed by atoms with Gasteiger partial charge in [-0.1, -0.05) is 30.9 Å². The summed E-state index contributed by atoms with van der Waals surface area (Å²) in [7, 11) is 0. The molecule has 1 saturated carbocycles. The van der Waals surface area contributed by atoms with E-state index in [0.717, 1.165) is 30.6 Å². The minimum absolute atomic E-state index is 0.141. The molecule has 1 aromatic rings. The van der Waals surface area contributed by atoms with Gasteiger partial charge in [0, 0.05) is 24.2 Å². The van der Waals surface area contributed by atoms with E-state index in [0.29, 0.717) is 16.1 Å². The van der Waals surface area contributed by atoms with Gasteiger partial charge in [0.15, 0.2) is 0 Å². The van der Waals surface area contributed by atoms with Gasteiger partial charge in [0.25, 0.3) is 11.8 Å². The zero-order valence-electron chi connectivity index (χ0n) is 13.3. The van der Waals surface area contributed by atoms with E-state index in [1.165, 1.54) is 12.5 Å². The number of halogens is 1. The van der Waals surface area contributed by atoms with Gasteiger partial charge in [0.2, 0.25) is 0 Å². The summed E-state index contributed by atoms with van der Waals surface area (Å²) in [6.45, 7) is 0.361. The van der Waals surface area contributed by atoms with Crippen molar-refractivity contribution >= 4 is 29.4 Å². The number of carbonyl (C=O) groups excluding carboxylic acids is 3. The lowest BCUT2D eigenvalue weighted by Crippen LogP contribution is -2.45. The van der Waals surface area contributed by atoms with Gasteiger partial charge >= 0.3 is 6.03 Å². The van der Waals surface area contributed by atoms with Gasteiger partial charge in [-0.3, -0.25) is 14.5 Å². The fourth-order valence-corrected chi connectivity index (χ4v) is 3.40. The van der Waals surface area contributed by atoms with Crippen LogP contribution in [0, 0.1) is 0 Å². The lowest BCUT2D eigenvalue weighted by atomic mass is 9.96. The summed E-state index contributed by atoms with van der Waals surface area (Å²) in [6, 6.07) is 4.62. The Morgan fingerprint density at radius 3 is 2.58 bits per heavy atom. The van der Waals surface area contributed by atoms with Gasteiger partial charge < -0.3 is 10.6 Å². The van der Waals surface area contributed by atoms with Crippen LogP contribution in [0.4, 0.5) is 4.79 Å². The largest absolute Gasteiger partial charge is 0.336 e. The smallest absolute Gasteiger partial charge is 0.315 e. The van der Waals surface area contributed by atoms with Crippen molar-refractivity contribution in [3.8, 4) is 0 Å². The Labute approximate surface area is 145 Å². The highest BCUT2D eigenvalue weighted by Crippen LogP contribution is 2.25. The predicted molar refractivity (Wildman–Crippen MR) is 90.2 cm³/mol. The molecule has 0 spiro atoms. The van der Waals surface area contributed by atoms with Crippen LogP contribution in [0.2, 0.25) is 5.02 Å². The van der Waals surface area contributed by atoms with Crippen LogP contribution in [0.3, 0.4) is 0 Å². The van der Waals surface area contributed by atoms with E-state index in [1.807, 2.05) is 0 Å². The Morgan fingerprint density at radius 2 is 1.83 bits per heavy atom. The monoisotopic (exact) mass is 349 g/mol. The Morgan fingerprint density at radius 1 is 1.12 bits per heavy atom. The van der Waals surface area contributed by atoms with Crippen molar-refractivity contribution in [2.75, 3.05) is 13.1 Å². The highest BCUT2D eigenvalue weighted by atomic mass is 35.5. The molecule has 0 radical (unpaired) electrons. The number of rotatable bonds is 4. The van der Waals surface area contributed by atoms with Crippen LogP contribution in [0.15, 0.2) is 18.2 Å². The number of nitrogens with zero attached hydrogens (tertiary/aromatic N) is 1. The zero-order chi connectivity index (χ0) is 17.1. The molecule has 4 amide bonds. The number of hydrogen-bond donors (Lipinski definition) is 2. The summed E-state index contributed by atoms with van der Waals surface area (Å²) in [5, 5.41) is 6.07. The normalized spacial score (nSPS) is 17.8. The summed E-state index contributed by atoms with van der Waals surface area (Å²) in [4.78, 5) is 37.5. The molecule has 0 unspecified atom stereocenters.